The lowest BCUT2D eigenvalue weighted by atomic mass is 9.88. The smallest absolute Gasteiger partial charge is 0.129 e. The van der Waals surface area contributed by atoms with Crippen LogP contribution in [0.5, 0.6) is 0 Å². The van der Waals surface area contributed by atoms with Crippen LogP contribution in [0, 0.1) is 23.7 Å². The molecule has 1 aromatic heterocycles. The maximum absolute atomic E-state index is 8.59. The lowest BCUT2D eigenvalue weighted by Crippen LogP contribution is -2.23. The van der Waals surface area contributed by atoms with Crippen LogP contribution >= 0.6 is 11.6 Å². The van der Waals surface area contributed by atoms with E-state index in [1.807, 2.05) is 13.0 Å². The second kappa shape index (κ2) is 5.88. The van der Waals surface area contributed by atoms with Gasteiger partial charge in [0, 0.05) is 13.0 Å². The molecular formula is C13H18ClN3. The second-order valence-electron chi connectivity index (χ2n) is 4.94. The highest BCUT2D eigenvalue weighted by Gasteiger charge is 2.17. The minimum Gasteiger partial charge on any atom is -0.383 e. The summed E-state index contributed by atoms with van der Waals surface area (Å²) >= 11 is 5.80. The van der Waals surface area contributed by atoms with Crippen LogP contribution in [0.3, 0.4) is 0 Å². The summed E-state index contributed by atoms with van der Waals surface area (Å²) in [5.74, 6) is 0. The molecule has 0 bridgehead atoms. The molecular weight excluding hydrogens is 234 g/mol. The Kier molecular flexibility index (Phi) is 4.77. The number of hydrogen-bond acceptors (Lipinski definition) is 3. The first-order chi connectivity index (χ1) is 7.94. The molecule has 0 saturated heterocycles. The van der Waals surface area contributed by atoms with Crippen molar-refractivity contribution in [1.82, 2.24) is 4.98 Å². The molecule has 1 heterocycles. The van der Waals surface area contributed by atoms with E-state index in [1.165, 1.54) is 0 Å². The molecule has 0 aliphatic rings. The molecule has 0 unspecified atom stereocenters. The van der Waals surface area contributed by atoms with Crippen LogP contribution < -0.4 is 5.32 Å². The lowest BCUT2D eigenvalue weighted by molar-refractivity contribution is 0.363. The first-order valence-electron chi connectivity index (χ1n) is 5.68. The fourth-order valence-corrected chi connectivity index (χ4v) is 1.72. The van der Waals surface area contributed by atoms with Crippen molar-refractivity contribution in [2.24, 2.45) is 5.41 Å². The largest absolute Gasteiger partial charge is 0.383 e. The Morgan fingerprint density at radius 3 is 2.76 bits per heavy atom. The van der Waals surface area contributed by atoms with Crippen LogP contribution in [0.2, 0.25) is 5.15 Å². The summed E-state index contributed by atoms with van der Waals surface area (Å²) in [5, 5.41) is 12.5. The van der Waals surface area contributed by atoms with Gasteiger partial charge in [0.25, 0.3) is 0 Å². The van der Waals surface area contributed by atoms with Gasteiger partial charge in [-0.25, -0.2) is 4.98 Å². The molecule has 92 valence electrons. The first kappa shape index (κ1) is 13.8. The molecule has 0 radical (unpaired) electrons. The zero-order chi connectivity index (χ0) is 12.9. The van der Waals surface area contributed by atoms with Crippen molar-refractivity contribution >= 4 is 17.3 Å². The summed E-state index contributed by atoms with van der Waals surface area (Å²) in [6, 6.07) is 5.90. The average Bonchev–Trinajstić information content (AvgIpc) is 2.25. The van der Waals surface area contributed by atoms with Gasteiger partial charge in [0.2, 0.25) is 0 Å². The Morgan fingerprint density at radius 2 is 2.18 bits per heavy atom. The summed E-state index contributed by atoms with van der Waals surface area (Å²) < 4.78 is 0. The molecule has 0 saturated carbocycles. The number of nitrogens with zero attached hydrogens (tertiary/aromatic N) is 2. The number of hydrogen-bond donors (Lipinski definition) is 1. The van der Waals surface area contributed by atoms with E-state index >= 15 is 0 Å². The number of nitrogens with one attached hydrogen (secondary N) is 1. The summed E-state index contributed by atoms with van der Waals surface area (Å²) in [6.07, 6.45) is 1.48. The van der Waals surface area contributed by atoms with Gasteiger partial charge in [0.1, 0.15) is 5.15 Å². The number of pyridine rings is 1. The molecule has 1 aromatic rings. The molecule has 0 spiro atoms. The summed E-state index contributed by atoms with van der Waals surface area (Å²) in [5.41, 5.74) is 2.00. The van der Waals surface area contributed by atoms with Gasteiger partial charge in [-0.2, -0.15) is 5.26 Å². The van der Waals surface area contributed by atoms with Crippen molar-refractivity contribution in [3.8, 4) is 6.07 Å². The zero-order valence-corrected chi connectivity index (χ0v) is 11.3. The Balaban J connectivity index is 2.58. The number of aryl methyl sites for hydroxylation is 1. The molecule has 0 aliphatic heterocycles. The van der Waals surface area contributed by atoms with Crippen LogP contribution in [-0.2, 0) is 0 Å². The summed E-state index contributed by atoms with van der Waals surface area (Å²) in [6.45, 7) is 7.04. The Bertz CT molecular complexity index is 421. The van der Waals surface area contributed by atoms with Gasteiger partial charge in [-0.15, -0.1) is 0 Å². The van der Waals surface area contributed by atoms with Crippen LogP contribution in [0.25, 0.3) is 0 Å². The van der Waals surface area contributed by atoms with Crippen molar-refractivity contribution in [2.45, 2.75) is 33.6 Å². The number of nitriles is 1. The molecule has 0 fully saturated rings. The predicted octanol–water partition coefficient (Wildman–Crippen LogP) is 3.79. The van der Waals surface area contributed by atoms with Crippen molar-refractivity contribution in [3.05, 3.63) is 23.0 Å². The number of anilines is 1. The van der Waals surface area contributed by atoms with E-state index in [0.29, 0.717) is 11.6 Å². The van der Waals surface area contributed by atoms with E-state index in [0.717, 1.165) is 24.3 Å². The van der Waals surface area contributed by atoms with E-state index < -0.39 is 0 Å². The maximum Gasteiger partial charge on any atom is 0.129 e. The molecule has 17 heavy (non-hydrogen) atoms. The Labute approximate surface area is 108 Å². The normalized spacial score (nSPS) is 11.0. The molecule has 0 aliphatic carbocycles. The Hall–Kier alpha value is -1.27. The van der Waals surface area contributed by atoms with E-state index in [2.05, 4.69) is 30.2 Å². The maximum atomic E-state index is 8.59. The second-order valence-corrected chi connectivity index (χ2v) is 5.33. The van der Waals surface area contributed by atoms with Crippen molar-refractivity contribution in [1.29, 1.82) is 5.26 Å². The van der Waals surface area contributed by atoms with E-state index in [-0.39, 0.29) is 5.41 Å². The molecule has 1 rings (SSSR count). The number of aromatic nitrogens is 1. The highest BCUT2D eigenvalue weighted by Crippen LogP contribution is 2.24. The minimum absolute atomic E-state index is 0.0990. The fraction of sp³-hybridized carbons (Fsp3) is 0.538. The molecule has 0 atom stereocenters. The first-order valence-corrected chi connectivity index (χ1v) is 6.06. The Morgan fingerprint density at radius 1 is 1.47 bits per heavy atom. The number of rotatable bonds is 5. The summed E-state index contributed by atoms with van der Waals surface area (Å²) in [7, 11) is 0. The van der Waals surface area contributed by atoms with Gasteiger partial charge in [-0.1, -0.05) is 25.4 Å². The van der Waals surface area contributed by atoms with Gasteiger partial charge in [0.15, 0.2) is 0 Å². The average molecular weight is 252 g/mol. The third-order valence-corrected chi connectivity index (χ3v) is 2.93. The van der Waals surface area contributed by atoms with Crippen LogP contribution in [0.4, 0.5) is 5.69 Å². The monoisotopic (exact) mass is 251 g/mol. The highest BCUT2D eigenvalue weighted by molar-refractivity contribution is 6.29. The van der Waals surface area contributed by atoms with Gasteiger partial charge in [0.05, 0.1) is 17.5 Å². The zero-order valence-electron chi connectivity index (χ0n) is 10.5. The molecule has 4 heteroatoms. The fourth-order valence-electron chi connectivity index (χ4n) is 1.53. The highest BCUT2D eigenvalue weighted by atomic mass is 35.5. The van der Waals surface area contributed by atoms with E-state index in [4.69, 9.17) is 16.9 Å². The standard InChI is InChI=1S/C13H18ClN3/c1-10-11(5-6-12(14)17-10)16-9-13(2,3)7-4-8-15/h5-6,16H,4,7,9H2,1-3H3. The minimum atomic E-state index is 0.0990. The lowest BCUT2D eigenvalue weighted by Gasteiger charge is -2.24. The number of halogens is 1. The van der Waals surface area contributed by atoms with Crippen molar-refractivity contribution in [2.75, 3.05) is 11.9 Å². The van der Waals surface area contributed by atoms with Crippen molar-refractivity contribution < 1.29 is 0 Å². The molecule has 0 aromatic carbocycles. The molecule has 3 nitrogen and oxygen atoms in total. The van der Waals surface area contributed by atoms with Gasteiger partial charge >= 0.3 is 0 Å². The van der Waals surface area contributed by atoms with E-state index in [9.17, 15) is 0 Å². The van der Waals surface area contributed by atoms with Crippen molar-refractivity contribution in [3.63, 3.8) is 0 Å². The predicted molar refractivity (Wildman–Crippen MR) is 71.1 cm³/mol. The molecule has 1 N–H and O–H groups in total. The van der Waals surface area contributed by atoms with Crippen LogP contribution in [0.1, 0.15) is 32.4 Å². The third-order valence-electron chi connectivity index (χ3n) is 2.72. The van der Waals surface area contributed by atoms with Crippen LogP contribution in [0.15, 0.2) is 12.1 Å². The van der Waals surface area contributed by atoms with Gasteiger partial charge in [-0.05, 0) is 30.9 Å². The SMILES string of the molecule is Cc1nc(Cl)ccc1NCC(C)(C)CCC#N. The molecule has 0 amide bonds. The van der Waals surface area contributed by atoms with Gasteiger partial charge in [-0.3, -0.25) is 0 Å². The van der Waals surface area contributed by atoms with Gasteiger partial charge < -0.3 is 5.32 Å². The topological polar surface area (TPSA) is 48.7 Å². The quantitative estimate of drug-likeness (QED) is 0.810. The summed E-state index contributed by atoms with van der Waals surface area (Å²) in [4.78, 5) is 4.19. The third kappa shape index (κ3) is 4.62. The van der Waals surface area contributed by atoms with E-state index in [1.54, 1.807) is 6.07 Å². The van der Waals surface area contributed by atoms with Crippen LogP contribution in [-0.4, -0.2) is 11.5 Å².